The highest BCUT2D eigenvalue weighted by Gasteiger charge is 2.38. The molecule has 0 aromatic heterocycles. The second-order valence-electron chi connectivity index (χ2n) is 10.8. The molecule has 0 saturated carbocycles. The van der Waals surface area contributed by atoms with Crippen LogP contribution in [0.5, 0.6) is 5.75 Å². The van der Waals surface area contributed by atoms with Gasteiger partial charge in [-0.1, -0.05) is 12.1 Å². The average Bonchev–Trinajstić information content (AvgIpc) is 2.81. The van der Waals surface area contributed by atoms with E-state index in [1.54, 1.807) is 84.0 Å². The average molecular weight is 519 g/mol. The van der Waals surface area contributed by atoms with E-state index in [4.69, 9.17) is 14.2 Å². The van der Waals surface area contributed by atoms with Crippen LogP contribution in [0.4, 0.5) is 21.0 Å². The Morgan fingerprint density at radius 1 is 0.737 bits per heavy atom. The van der Waals surface area contributed by atoms with Gasteiger partial charge in [-0.05, 0) is 84.0 Å². The number of benzene rings is 3. The number of hydrogen-bond acceptors (Lipinski definition) is 7. The van der Waals surface area contributed by atoms with Crippen LogP contribution in [-0.2, 0) is 9.47 Å². The molecule has 1 aliphatic rings. The number of methoxy groups -OCH3 is 1. The molecule has 9 heteroatoms. The molecule has 198 valence electrons. The molecule has 3 aromatic rings. The van der Waals surface area contributed by atoms with Crippen molar-refractivity contribution in [1.29, 1.82) is 0 Å². The van der Waals surface area contributed by atoms with Gasteiger partial charge in [0.1, 0.15) is 17.0 Å². The summed E-state index contributed by atoms with van der Waals surface area (Å²) in [7, 11) is 1.53. The van der Waals surface area contributed by atoms with Crippen LogP contribution in [0.25, 0.3) is 10.8 Å². The molecule has 0 N–H and O–H groups in total. The maximum atomic E-state index is 13.6. The van der Waals surface area contributed by atoms with Crippen LogP contribution < -0.4 is 14.5 Å². The molecule has 9 nitrogen and oxygen atoms in total. The van der Waals surface area contributed by atoms with E-state index >= 15 is 0 Å². The van der Waals surface area contributed by atoms with E-state index in [0.29, 0.717) is 22.2 Å². The number of imide groups is 2. The minimum Gasteiger partial charge on any atom is -0.497 e. The molecule has 4 rings (SSSR count). The van der Waals surface area contributed by atoms with Crippen molar-refractivity contribution < 1.29 is 33.4 Å². The van der Waals surface area contributed by atoms with Crippen LogP contribution in [0, 0.1) is 0 Å². The molecule has 1 heterocycles. The van der Waals surface area contributed by atoms with Crippen molar-refractivity contribution in [2.75, 3.05) is 16.9 Å². The molecule has 0 atom stereocenters. The Hall–Kier alpha value is -4.40. The SMILES string of the molecule is COc1ccc(N2C(=O)c3cccc4c(N(C(=O)OC(C)(C)C)C(=O)OC(C)(C)C)ccc(c34)C2=O)cc1. The molecule has 1 aliphatic heterocycles. The Morgan fingerprint density at radius 2 is 1.26 bits per heavy atom. The summed E-state index contributed by atoms with van der Waals surface area (Å²) in [4.78, 5) is 55.5. The Morgan fingerprint density at radius 3 is 1.76 bits per heavy atom. The highest BCUT2D eigenvalue weighted by molar-refractivity contribution is 6.37. The maximum absolute atomic E-state index is 13.6. The second kappa shape index (κ2) is 9.48. The van der Waals surface area contributed by atoms with Gasteiger partial charge in [0.2, 0.25) is 0 Å². The van der Waals surface area contributed by atoms with E-state index < -0.39 is 35.2 Å². The summed E-state index contributed by atoms with van der Waals surface area (Å²) in [6.45, 7) is 10.1. The summed E-state index contributed by atoms with van der Waals surface area (Å²) in [5.41, 5.74) is -0.765. The monoisotopic (exact) mass is 518 g/mol. The lowest BCUT2D eigenvalue weighted by Gasteiger charge is -2.31. The molecule has 0 aliphatic carbocycles. The smallest absolute Gasteiger partial charge is 0.424 e. The molecule has 4 amide bonds. The highest BCUT2D eigenvalue weighted by Crippen LogP contribution is 2.38. The summed E-state index contributed by atoms with van der Waals surface area (Å²) < 4.78 is 16.2. The topological polar surface area (TPSA) is 102 Å². The summed E-state index contributed by atoms with van der Waals surface area (Å²) in [6.07, 6.45) is -1.89. The van der Waals surface area contributed by atoms with Gasteiger partial charge >= 0.3 is 12.2 Å². The van der Waals surface area contributed by atoms with Crippen LogP contribution >= 0.6 is 0 Å². The van der Waals surface area contributed by atoms with Crippen molar-refractivity contribution in [1.82, 2.24) is 0 Å². The normalized spacial score (nSPS) is 13.4. The highest BCUT2D eigenvalue weighted by atomic mass is 16.6. The summed E-state index contributed by atoms with van der Waals surface area (Å²) in [6, 6.07) is 14.4. The molecule has 0 spiro atoms. The first-order chi connectivity index (χ1) is 17.7. The lowest BCUT2D eigenvalue weighted by molar-refractivity contribution is 0.0430. The Bertz CT molecular complexity index is 1400. The van der Waals surface area contributed by atoms with Gasteiger partial charge in [-0.25, -0.2) is 14.5 Å². The summed E-state index contributed by atoms with van der Waals surface area (Å²) in [5, 5.41) is 0.690. The molecular formula is C29H30N2O7. The fourth-order valence-electron chi connectivity index (χ4n) is 4.13. The van der Waals surface area contributed by atoms with Crippen molar-refractivity contribution in [3.05, 3.63) is 65.7 Å². The van der Waals surface area contributed by atoms with Crippen molar-refractivity contribution >= 4 is 46.1 Å². The quantitative estimate of drug-likeness (QED) is 0.374. The number of nitrogens with zero attached hydrogens (tertiary/aromatic N) is 2. The minimum absolute atomic E-state index is 0.132. The second-order valence-corrected chi connectivity index (χ2v) is 10.8. The zero-order valence-corrected chi connectivity index (χ0v) is 22.4. The van der Waals surface area contributed by atoms with Crippen LogP contribution in [0.2, 0.25) is 0 Å². The fourth-order valence-corrected chi connectivity index (χ4v) is 4.13. The van der Waals surface area contributed by atoms with Crippen LogP contribution in [-0.4, -0.2) is 42.3 Å². The number of carbonyl (C=O) groups is 4. The Balaban J connectivity index is 1.87. The zero-order valence-electron chi connectivity index (χ0n) is 22.4. The van der Waals surface area contributed by atoms with Crippen molar-refractivity contribution in [2.24, 2.45) is 0 Å². The van der Waals surface area contributed by atoms with Crippen LogP contribution in [0.15, 0.2) is 54.6 Å². The predicted octanol–water partition coefficient (Wildman–Crippen LogP) is 6.33. The molecular weight excluding hydrogens is 488 g/mol. The van der Waals surface area contributed by atoms with Gasteiger partial charge in [0.15, 0.2) is 0 Å². The van der Waals surface area contributed by atoms with E-state index in [9.17, 15) is 19.2 Å². The third kappa shape index (κ3) is 5.04. The first-order valence-corrected chi connectivity index (χ1v) is 12.1. The third-order valence-corrected chi connectivity index (χ3v) is 5.61. The number of hydrogen-bond donors (Lipinski definition) is 0. The zero-order chi connectivity index (χ0) is 28.0. The fraction of sp³-hybridized carbons (Fsp3) is 0.310. The Kier molecular flexibility index (Phi) is 6.65. The molecule has 3 aromatic carbocycles. The number of carbonyl (C=O) groups excluding carboxylic acids is 4. The molecule has 0 radical (unpaired) electrons. The van der Waals surface area contributed by atoms with E-state index in [1.807, 2.05) is 0 Å². The van der Waals surface area contributed by atoms with Gasteiger partial charge in [-0.15, -0.1) is 0 Å². The standard InChI is InChI=1S/C29H30N2O7/c1-28(2,3)37-26(34)31(27(35)38-29(4,5)6)22-16-15-21-23-19(22)9-8-10-20(23)24(32)30(25(21)33)17-11-13-18(36-7)14-12-17/h8-16H,1-7H3. The summed E-state index contributed by atoms with van der Waals surface area (Å²) >= 11 is 0. The maximum Gasteiger partial charge on any atom is 0.424 e. The van der Waals surface area contributed by atoms with Gasteiger partial charge in [0.25, 0.3) is 11.8 Å². The molecule has 0 bridgehead atoms. The van der Waals surface area contributed by atoms with Gasteiger partial charge < -0.3 is 14.2 Å². The Labute approximate surface area is 220 Å². The minimum atomic E-state index is -0.944. The molecule has 0 unspecified atom stereocenters. The molecule has 38 heavy (non-hydrogen) atoms. The third-order valence-electron chi connectivity index (χ3n) is 5.61. The van der Waals surface area contributed by atoms with Crippen LogP contribution in [0.1, 0.15) is 62.3 Å². The van der Waals surface area contributed by atoms with Gasteiger partial charge in [-0.3, -0.25) is 9.59 Å². The van der Waals surface area contributed by atoms with Gasteiger partial charge in [-0.2, -0.15) is 4.90 Å². The van der Waals surface area contributed by atoms with E-state index in [-0.39, 0.29) is 16.8 Å². The van der Waals surface area contributed by atoms with E-state index in [0.717, 1.165) is 9.80 Å². The molecule has 0 saturated heterocycles. The number of anilines is 2. The lowest BCUT2D eigenvalue weighted by atomic mass is 9.92. The first kappa shape index (κ1) is 26.7. The van der Waals surface area contributed by atoms with Crippen LogP contribution in [0.3, 0.4) is 0 Å². The first-order valence-electron chi connectivity index (χ1n) is 12.1. The predicted molar refractivity (Wildman–Crippen MR) is 143 cm³/mol. The largest absolute Gasteiger partial charge is 0.497 e. The number of rotatable bonds is 3. The summed E-state index contributed by atoms with van der Waals surface area (Å²) in [5.74, 6) is -0.477. The van der Waals surface area contributed by atoms with Gasteiger partial charge in [0.05, 0.1) is 18.5 Å². The van der Waals surface area contributed by atoms with Gasteiger partial charge in [0, 0.05) is 21.9 Å². The van der Waals surface area contributed by atoms with Crippen molar-refractivity contribution in [2.45, 2.75) is 52.7 Å². The van der Waals surface area contributed by atoms with Crippen molar-refractivity contribution in [3.63, 3.8) is 0 Å². The lowest BCUT2D eigenvalue weighted by Crippen LogP contribution is -2.44. The number of amides is 4. The molecule has 0 fully saturated rings. The van der Waals surface area contributed by atoms with Crippen molar-refractivity contribution in [3.8, 4) is 5.75 Å². The van der Waals surface area contributed by atoms with E-state index in [1.165, 1.54) is 19.2 Å². The van der Waals surface area contributed by atoms with E-state index in [2.05, 4.69) is 0 Å². The number of ether oxygens (including phenoxy) is 3.